The molecule has 0 atom stereocenters. The smallest absolute Gasteiger partial charge is 0.490 e. The van der Waals surface area contributed by atoms with Crippen molar-refractivity contribution in [3.63, 3.8) is 0 Å². The molecule has 0 aromatic heterocycles. The molecule has 0 radical (unpaired) electrons. The molecule has 2 fully saturated rings. The van der Waals surface area contributed by atoms with E-state index in [1.54, 1.807) is 0 Å². The van der Waals surface area contributed by atoms with Gasteiger partial charge >= 0.3 is 12.1 Å². The molecule has 8 heteroatoms. The second-order valence-electron chi connectivity index (χ2n) is 9.81. The summed E-state index contributed by atoms with van der Waals surface area (Å²) in [5.41, 5.74) is 3.10. The second-order valence-corrected chi connectivity index (χ2v) is 9.81. The summed E-state index contributed by atoms with van der Waals surface area (Å²) in [5, 5.41) is 7.12. The van der Waals surface area contributed by atoms with E-state index in [4.69, 9.17) is 14.6 Å². The average Bonchev–Trinajstić information content (AvgIpc) is 2.88. The zero-order chi connectivity index (χ0) is 26.0. The van der Waals surface area contributed by atoms with E-state index in [2.05, 4.69) is 71.3 Å². The molecule has 0 spiro atoms. The number of alkyl halides is 3. The molecule has 36 heavy (non-hydrogen) atoms. The van der Waals surface area contributed by atoms with Gasteiger partial charge in [0, 0.05) is 25.3 Å². The normalized spacial score (nSPS) is 18.2. The van der Waals surface area contributed by atoms with Crippen LogP contribution in [0, 0.1) is 0 Å². The van der Waals surface area contributed by atoms with Gasteiger partial charge in [-0.15, -0.1) is 0 Å². The lowest BCUT2D eigenvalue weighted by Gasteiger charge is -2.41. The molecule has 0 saturated carbocycles. The third-order valence-electron chi connectivity index (χ3n) is 7.12. The van der Waals surface area contributed by atoms with E-state index < -0.39 is 12.1 Å². The number of carboxylic acid groups (broad SMARTS) is 1. The molecule has 5 nitrogen and oxygen atoms in total. The second kappa shape index (κ2) is 13.0. The van der Waals surface area contributed by atoms with Crippen LogP contribution in [0.15, 0.2) is 54.6 Å². The third kappa shape index (κ3) is 8.43. The van der Waals surface area contributed by atoms with Crippen LogP contribution in [0.3, 0.4) is 0 Å². The Morgan fingerprint density at radius 3 is 2.08 bits per heavy atom. The molecular formula is C28H37F3N2O3. The largest absolute Gasteiger partial charge is 0.494 e. The van der Waals surface area contributed by atoms with Gasteiger partial charge in [0.25, 0.3) is 0 Å². The average molecular weight is 507 g/mol. The quantitative estimate of drug-likeness (QED) is 0.458. The van der Waals surface area contributed by atoms with Crippen molar-refractivity contribution in [3.8, 4) is 5.75 Å². The highest BCUT2D eigenvalue weighted by atomic mass is 19.4. The minimum atomic E-state index is -5.08. The van der Waals surface area contributed by atoms with Crippen molar-refractivity contribution >= 4 is 11.7 Å². The van der Waals surface area contributed by atoms with Crippen LogP contribution in [0.5, 0.6) is 5.75 Å². The number of piperidine rings is 2. The summed E-state index contributed by atoms with van der Waals surface area (Å²) >= 11 is 0. The Balaban J connectivity index is 0.000000454. The van der Waals surface area contributed by atoms with Crippen molar-refractivity contribution < 1.29 is 27.8 Å². The fourth-order valence-electron chi connectivity index (χ4n) is 4.80. The molecule has 4 rings (SSSR count). The van der Waals surface area contributed by atoms with Gasteiger partial charge < -0.3 is 19.6 Å². The number of ether oxygens (including phenoxy) is 1. The van der Waals surface area contributed by atoms with Crippen LogP contribution >= 0.6 is 0 Å². The molecule has 2 saturated heterocycles. The minimum absolute atomic E-state index is 0.301. The first-order valence-corrected chi connectivity index (χ1v) is 12.7. The zero-order valence-corrected chi connectivity index (χ0v) is 21.0. The lowest BCUT2D eigenvalue weighted by molar-refractivity contribution is -0.192. The molecular weight excluding hydrogens is 469 g/mol. The number of carbonyl (C=O) groups is 1. The van der Waals surface area contributed by atoms with Crippen molar-refractivity contribution in [2.24, 2.45) is 0 Å². The lowest BCUT2D eigenvalue weighted by Crippen LogP contribution is -2.41. The van der Waals surface area contributed by atoms with Crippen molar-refractivity contribution in [1.82, 2.24) is 4.90 Å². The maximum atomic E-state index is 10.6. The molecule has 198 valence electrons. The van der Waals surface area contributed by atoms with E-state index in [-0.39, 0.29) is 0 Å². The highest BCUT2D eigenvalue weighted by Gasteiger charge is 2.38. The van der Waals surface area contributed by atoms with Crippen molar-refractivity contribution in [1.29, 1.82) is 0 Å². The van der Waals surface area contributed by atoms with Crippen LogP contribution in [-0.4, -0.2) is 61.5 Å². The molecule has 0 unspecified atom stereocenters. The van der Waals surface area contributed by atoms with Gasteiger partial charge in [0.2, 0.25) is 0 Å². The SMILES string of the molecule is CC1(c2ccccc2)CCN(c2ccc(OCCCN3CCCCC3)cc2)CC1.O=C(O)C(F)(F)F. The van der Waals surface area contributed by atoms with E-state index in [0.29, 0.717) is 5.41 Å². The predicted octanol–water partition coefficient (Wildman–Crippen LogP) is 6.13. The molecule has 2 aliphatic rings. The van der Waals surface area contributed by atoms with E-state index in [1.807, 2.05) is 0 Å². The molecule has 0 aliphatic carbocycles. The third-order valence-corrected chi connectivity index (χ3v) is 7.12. The number of carboxylic acids is 1. The summed E-state index contributed by atoms with van der Waals surface area (Å²) in [5.74, 6) is -1.76. The highest BCUT2D eigenvalue weighted by molar-refractivity contribution is 5.73. The summed E-state index contributed by atoms with van der Waals surface area (Å²) in [7, 11) is 0. The monoisotopic (exact) mass is 506 g/mol. The number of likely N-dealkylation sites (tertiary alicyclic amines) is 1. The van der Waals surface area contributed by atoms with Gasteiger partial charge in [-0.3, -0.25) is 0 Å². The summed E-state index contributed by atoms with van der Waals surface area (Å²) in [6, 6.07) is 19.7. The molecule has 2 aliphatic heterocycles. The van der Waals surface area contributed by atoms with E-state index >= 15 is 0 Å². The molecule has 1 N–H and O–H groups in total. The van der Waals surface area contributed by atoms with Crippen LogP contribution in [0.1, 0.15) is 51.0 Å². The number of halogens is 3. The maximum Gasteiger partial charge on any atom is 0.490 e. The van der Waals surface area contributed by atoms with Crippen LogP contribution in [0.2, 0.25) is 0 Å². The Morgan fingerprint density at radius 1 is 0.944 bits per heavy atom. The standard InChI is InChI=1S/C26H36N2O.C2HF3O2/c1-26(23-9-4-2-5-10-23)15-20-28(21-16-26)24-11-13-25(14-12-24)29-22-8-19-27-17-6-3-7-18-27;3-2(4,5)1(6)7/h2,4-5,9-14H,3,6-8,15-22H2,1H3;(H,6,7). The van der Waals surface area contributed by atoms with Gasteiger partial charge in [0.05, 0.1) is 6.61 Å². The first-order chi connectivity index (χ1) is 17.2. The first kappa shape index (κ1) is 27.8. The molecule has 2 aromatic carbocycles. The summed E-state index contributed by atoms with van der Waals surface area (Å²) in [4.78, 5) is 14.0. The van der Waals surface area contributed by atoms with E-state index in [1.165, 1.54) is 63.0 Å². The fraction of sp³-hybridized carbons (Fsp3) is 0.536. The number of rotatable bonds is 7. The fourth-order valence-corrected chi connectivity index (χ4v) is 4.80. The Labute approximate surface area is 211 Å². The zero-order valence-electron chi connectivity index (χ0n) is 21.0. The summed E-state index contributed by atoms with van der Waals surface area (Å²) < 4.78 is 37.7. The van der Waals surface area contributed by atoms with Crippen molar-refractivity contribution in [2.75, 3.05) is 44.2 Å². The van der Waals surface area contributed by atoms with Gasteiger partial charge in [-0.05, 0) is 80.4 Å². The van der Waals surface area contributed by atoms with Crippen molar-refractivity contribution in [3.05, 3.63) is 60.2 Å². The van der Waals surface area contributed by atoms with Gasteiger partial charge in [-0.2, -0.15) is 13.2 Å². The van der Waals surface area contributed by atoms with Gasteiger partial charge in [0.15, 0.2) is 0 Å². The maximum absolute atomic E-state index is 10.6. The van der Waals surface area contributed by atoms with E-state index in [9.17, 15) is 13.2 Å². The first-order valence-electron chi connectivity index (χ1n) is 12.7. The van der Waals surface area contributed by atoms with Crippen LogP contribution in [0.25, 0.3) is 0 Å². The molecule has 0 amide bonds. The summed E-state index contributed by atoms with van der Waals surface area (Å²) in [6.45, 7) is 9.17. The highest BCUT2D eigenvalue weighted by Crippen LogP contribution is 2.36. The number of aliphatic carboxylic acids is 1. The minimum Gasteiger partial charge on any atom is -0.494 e. The Morgan fingerprint density at radius 2 is 1.53 bits per heavy atom. The van der Waals surface area contributed by atoms with Gasteiger partial charge in [-0.25, -0.2) is 4.79 Å². The molecule has 2 heterocycles. The number of benzene rings is 2. The Hall–Kier alpha value is -2.74. The topological polar surface area (TPSA) is 53.0 Å². The van der Waals surface area contributed by atoms with Crippen LogP contribution < -0.4 is 9.64 Å². The Bertz CT molecular complexity index is 921. The number of nitrogens with zero attached hydrogens (tertiary/aromatic N) is 2. The lowest BCUT2D eigenvalue weighted by atomic mass is 9.74. The van der Waals surface area contributed by atoms with Gasteiger partial charge in [0.1, 0.15) is 5.75 Å². The van der Waals surface area contributed by atoms with Crippen molar-refractivity contribution in [2.45, 2.75) is 57.0 Å². The summed E-state index contributed by atoms with van der Waals surface area (Å²) in [6.07, 6.45) is 2.57. The van der Waals surface area contributed by atoms with E-state index in [0.717, 1.165) is 31.9 Å². The number of hydrogen-bond donors (Lipinski definition) is 1. The van der Waals surface area contributed by atoms with Crippen LogP contribution in [0.4, 0.5) is 18.9 Å². The Kier molecular flexibility index (Phi) is 10.0. The van der Waals surface area contributed by atoms with Crippen LogP contribution in [-0.2, 0) is 10.2 Å². The number of hydrogen-bond acceptors (Lipinski definition) is 4. The predicted molar refractivity (Wildman–Crippen MR) is 136 cm³/mol. The molecule has 2 aromatic rings. The molecule has 0 bridgehead atoms. The van der Waals surface area contributed by atoms with Gasteiger partial charge in [-0.1, -0.05) is 43.7 Å². The number of anilines is 1.